The minimum Gasteiger partial charge on any atom is -0.298 e. The van der Waals surface area contributed by atoms with Crippen molar-refractivity contribution in [1.82, 2.24) is 0 Å². The highest BCUT2D eigenvalue weighted by atomic mass is 35.5. The fourth-order valence-electron chi connectivity index (χ4n) is 0.521. The van der Waals surface area contributed by atoms with E-state index in [4.69, 9.17) is 11.6 Å². The van der Waals surface area contributed by atoms with E-state index in [1.54, 1.807) is 18.3 Å². The van der Waals surface area contributed by atoms with E-state index in [2.05, 4.69) is 4.98 Å². The summed E-state index contributed by atoms with van der Waals surface area (Å²) in [6.07, 6.45) is 2.37. The first-order valence-electron chi connectivity index (χ1n) is 2.46. The van der Waals surface area contributed by atoms with E-state index >= 15 is 0 Å². The van der Waals surface area contributed by atoms with Crippen molar-refractivity contribution in [2.75, 3.05) is 0 Å². The molecule has 0 atom stereocenters. The molecule has 0 bridgehead atoms. The number of H-pyrrole nitrogens is 1. The van der Waals surface area contributed by atoms with Crippen molar-refractivity contribution in [3.8, 4) is 0 Å². The molecule has 0 unspecified atom stereocenters. The van der Waals surface area contributed by atoms with Gasteiger partial charge in [-0.25, -0.2) is 4.98 Å². The molecule has 0 saturated carbocycles. The van der Waals surface area contributed by atoms with Crippen LogP contribution in [0.15, 0.2) is 18.3 Å². The van der Waals surface area contributed by atoms with Crippen molar-refractivity contribution >= 4 is 17.9 Å². The summed E-state index contributed by atoms with van der Waals surface area (Å²) in [7, 11) is 0. The Morgan fingerprint density at radius 1 is 1.67 bits per heavy atom. The van der Waals surface area contributed by atoms with E-state index in [0.717, 1.165) is 0 Å². The Morgan fingerprint density at radius 2 is 2.44 bits per heavy atom. The number of rotatable bonds is 1. The Kier molecular flexibility index (Phi) is 1.80. The number of carbonyl (C=O) groups excluding carboxylic acids is 1. The molecule has 0 aromatic carbocycles. The van der Waals surface area contributed by atoms with Crippen LogP contribution in [0.3, 0.4) is 0 Å². The molecule has 1 aromatic heterocycles. The van der Waals surface area contributed by atoms with E-state index in [1.165, 1.54) is 0 Å². The van der Waals surface area contributed by atoms with E-state index < -0.39 is 0 Å². The van der Waals surface area contributed by atoms with Crippen LogP contribution in [0.25, 0.3) is 0 Å². The molecule has 1 N–H and O–H groups in total. The fourth-order valence-corrected chi connectivity index (χ4v) is 0.691. The first-order valence-corrected chi connectivity index (χ1v) is 2.84. The maximum absolute atomic E-state index is 10.1. The number of aldehydes is 1. The molecule has 0 aliphatic heterocycles. The van der Waals surface area contributed by atoms with Crippen LogP contribution in [0.5, 0.6) is 0 Å². The first kappa shape index (κ1) is 6.23. The SMILES string of the molecule is O=Cc1ccc[nH+]c1Cl. The van der Waals surface area contributed by atoms with Gasteiger partial charge in [-0.2, -0.15) is 0 Å². The number of hydrogen-bond acceptors (Lipinski definition) is 1. The van der Waals surface area contributed by atoms with Gasteiger partial charge < -0.3 is 0 Å². The van der Waals surface area contributed by atoms with E-state index in [0.29, 0.717) is 17.0 Å². The Balaban J connectivity index is 3.15. The lowest BCUT2D eigenvalue weighted by molar-refractivity contribution is -0.375. The van der Waals surface area contributed by atoms with Crippen LogP contribution in [-0.2, 0) is 0 Å². The summed E-state index contributed by atoms with van der Waals surface area (Å²) in [5, 5.41) is 0.382. The molecular weight excluding hydrogens is 138 g/mol. The van der Waals surface area contributed by atoms with Gasteiger partial charge in [0.15, 0.2) is 12.5 Å². The lowest BCUT2D eigenvalue weighted by atomic mass is 10.3. The van der Waals surface area contributed by atoms with Gasteiger partial charge in [-0.05, 0) is 17.7 Å². The first-order chi connectivity index (χ1) is 4.34. The van der Waals surface area contributed by atoms with Crippen LogP contribution in [0.2, 0.25) is 5.15 Å². The third kappa shape index (κ3) is 1.27. The van der Waals surface area contributed by atoms with Crippen molar-refractivity contribution in [2.24, 2.45) is 0 Å². The molecule has 0 aliphatic rings. The van der Waals surface area contributed by atoms with Gasteiger partial charge in [0, 0.05) is 6.07 Å². The molecule has 9 heavy (non-hydrogen) atoms. The predicted molar refractivity (Wildman–Crippen MR) is 33.4 cm³/mol. The van der Waals surface area contributed by atoms with Crippen LogP contribution >= 0.6 is 11.6 Å². The standard InChI is InChI=1S/C6H4ClNO/c7-6-5(4-9)2-1-3-8-6/h1-4H/p+1. The van der Waals surface area contributed by atoms with Crippen molar-refractivity contribution in [3.05, 3.63) is 29.0 Å². The summed E-state index contributed by atoms with van der Waals surface area (Å²) in [5.41, 5.74) is 0.485. The number of aromatic nitrogens is 1. The summed E-state index contributed by atoms with van der Waals surface area (Å²) in [6, 6.07) is 3.36. The molecule has 1 aromatic rings. The summed E-state index contributed by atoms with van der Waals surface area (Å²) < 4.78 is 0. The van der Waals surface area contributed by atoms with Crippen LogP contribution in [0, 0.1) is 0 Å². The number of carbonyl (C=O) groups is 1. The highest BCUT2D eigenvalue weighted by Crippen LogP contribution is 2.03. The zero-order valence-electron chi connectivity index (χ0n) is 4.60. The van der Waals surface area contributed by atoms with Gasteiger partial charge in [0.1, 0.15) is 0 Å². The van der Waals surface area contributed by atoms with E-state index in [9.17, 15) is 4.79 Å². The number of hydrogen-bond donors (Lipinski definition) is 0. The zero-order chi connectivity index (χ0) is 6.69. The number of halogens is 1. The number of aromatic amines is 1. The molecule has 1 heterocycles. The second-order valence-electron chi connectivity index (χ2n) is 1.56. The molecule has 0 amide bonds. The highest BCUT2D eigenvalue weighted by molar-refractivity contribution is 6.30. The molecule has 2 nitrogen and oxygen atoms in total. The average molecular weight is 143 g/mol. The van der Waals surface area contributed by atoms with E-state index in [1.807, 2.05) is 0 Å². The predicted octanol–water partition coefficient (Wildman–Crippen LogP) is 0.967. The summed E-state index contributed by atoms with van der Waals surface area (Å²) in [6.45, 7) is 0. The maximum atomic E-state index is 10.1. The summed E-state index contributed by atoms with van der Waals surface area (Å²) in [5.74, 6) is 0. The van der Waals surface area contributed by atoms with E-state index in [-0.39, 0.29) is 0 Å². The lowest BCUT2D eigenvalue weighted by Crippen LogP contribution is -2.03. The van der Waals surface area contributed by atoms with Gasteiger partial charge in [-0.1, -0.05) is 0 Å². The van der Waals surface area contributed by atoms with Gasteiger partial charge in [-0.15, -0.1) is 0 Å². The lowest BCUT2D eigenvalue weighted by Gasteiger charge is -1.82. The molecule has 3 heteroatoms. The number of pyridine rings is 1. The average Bonchev–Trinajstić information content (AvgIpc) is 1.89. The van der Waals surface area contributed by atoms with Crippen molar-refractivity contribution < 1.29 is 9.78 Å². The molecule has 0 saturated heterocycles. The number of nitrogens with one attached hydrogen (secondary N) is 1. The minimum atomic E-state index is 0.382. The Labute approximate surface area is 57.5 Å². The zero-order valence-corrected chi connectivity index (χ0v) is 5.35. The van der Waals surface area contributed by atoms with Gasteiger partial charge in [0.05, 0.1) is 5.56 Å². The third-order valence-electron chi connectivity index (χ3n) is 0.962. The van der Waals surface area contributed by atoms with Gasteiger partial charge in [-0.3, -0.25) is 4.79 Å². The quantitative estimate of drug-likeness (QED) is 0.425. The van der Waals surface area contributed by atoms with Gasteiger partial charge in [0.25, 0.3) is 5.15 Å². The summed E-state index contributed by atoms with van der Waals surface area (Å²) in [4.78, 5) is 12.8. The Bertz CT molecular complexity index is 224. The van der Waals surface area contributed by atoms with Gasteiger partial charge in [0.2, 0.25) is 0 Å². The molecule has 0 radical (unpaired) electrons. The molecule has 0 spiro atoms. The molecular formula is C6H5ClNO+. The normalized spacial score (nSPS) is 9.00. The smallest absolute Gasteiger partial charge is 0.283 e. The van der Waals surface area contributed by atoms with Crippen molar-refractivity contribution in [2.45, 2.75) is 0 Å². The van der Waals surface area contributed by atoms with Crippen molar-refractivity contribution in [1.29, 1.82) is 0 Å². The monoisotopic (exact) mass is 142 g/mol. The van der Waals surface area contributed by atoms with Crippen LogP contribution in [0.4, 0.5) is 0 Å². The molecule has 1 rings (SSSR count). The van der Waals surface area contributed by atoms with Crippen LogP contribution in [-0.4, -0.2) is 6.29 Å². The van der Waals surface area contributed by atoms with Crippen molar-refractivity contribution in [3.63, 3.8) is 0 Å². The highest BCUT2D eigenvalue weighted by Gasteiger charge is 2.01. The molecule has 0 fully saturated rings. The Hall–Kier alpha value is -0.890. The topological polar surface area (TPSA) is 31.2 Å². The molecule has 46 valence electrons. The third-order valence-corrected chi connectivity index (χ3v) is 1.29. The van der Waals surface area contributed by atoms with Crippen LogP contribution in [0.1, 0.15) is 10.4 Å². The summed E-state index contributed by atoms with van der Waals surface area (Å²) >= 11 is 5.54. The molecule has 0 aliphatic carbocycles. The second kappa shape index (κ2) is 2.60. The maximum Gasteiger partial charge on any atom is 0.283 e. The second-order valence-corrected chi connectivity index (χ2v) is 1.94. The van der Waals surface area contributed by atoms with Gasteiger partial charge >= 0.3 is 0 Å². The fraction of sp³-hybridized carbons (Fsp3) is 0. The minimum absolute atomic E-state index is 0.382. The Morgan fingerprint density at radius 3 is 2.89 bits per heavy atom. The largest absolute Gasteiger partial charge is 0.298 e. The van der Waals surface area contributed by atoms with Crippen LogP contribution < -0.4 is 4.98 Å².